The standard InChI is InChI=1S/C56H69N9O6/c1-8-39-21-23-57-34-44(39)52-43-33-56(5,6)35-71-55(69)46-17-13-25-65(61-46)54(68)47(31-38-14-12-15-40(30-38)41-19-20-48(42(43)32-41)64(52)9-2)60-53(67)51(37(3)4)62(7)50(66)22-24-58-36-59-45-16-10-11-18-49(45)63-26-28-70-29-27-63/h10-12,14-16,18-21,23,30,32,34,37,46-47,51,61H,8-9,13,17,22,24-29,31,33,35H2,1-7H3,(H,60,67)/t46-,47-,51-/m0/s1. The van der Waals surface area contributed by atoms with Gasteiger partial charge in [0.25, 0.3) is 5.91 Å². The topological polar surface area (TPSA) is 163 Å². The summed E-state index contributed by atoms with van der Waals surface area (Å²) in [7, 11) is 1.61. The van der Waals surface area contributed by atoms with Crippen molar-refractivity contribution in [3.8, 4) is 22.4 Å². The summed E-state index contributed by atoms with van der Waals surface area (Å²) in [6, 6.07) is 24.6. The fourth-order valence-electron chi connectivity index (χ4n) is 10.3. The normalized spacial score (nSPS) is 18.8. The van der Waals surface area contributed by atoms with E-state index in [1.807, 2.05) is 62.6 Å². The van der Waals surface area contributed by atoms with Gasteiger partial charge < -0.3 is 29.2 Å². The number of morpholine rings is 1. The minimum absolute atomic E-state index is 0.0309. The minimum Gasteiger partial charge on any atom is -0.464 e. The van der Waals surface area contributed by atoms with E-state index in [1.165, 1.54) is 21.0 Å². The second-order valence-corrected chi connectivity index (χ2v) is 20.0. The molecule has 0 saturated carbocycles. The van der Waals surface area contributed by atoms with Gasteiger partial charge in [0, 0.05) is 80.3 Å². The van der Waals surface area contributed by atoms with Crippen molar-refractivity contribution in [3.05, 3.63) is 102 Å². The van der Waals surface area contributed by atoms with Gasteiger partial charge in [-0.1, -0.05) is 77.1 Å². The molecule has 2 N–H and O–H groups in total. The second-order valence-electron chi connectivity index (χ2n) is 20.0. The van der Waals surface area contributed by atoms with Gasteiger partial charge in [0.05, 0.1) is 49.4 Å². The number of hydrogen-bond donors (Lipinski definition) is 2. The molecule has 15 heteroatoms. The molecule has 0 unspecified atom stereocenters. The summed E-state index contributed by atoms with van der Waals surface area (Å²) in [4.78, 5) is 74.0. The van der Waals surface area contributed by atoms with Crippen LogP contribution < -0.4 is 15.6 Å². The number of nitrogens with one attached hydrogen (secondary N) is 2. The number of likely N-dealkylation sites (N-methyl/N-ethyl adjacent to an activating group) is 1. The predicted octanol–water partition coefficient (Wildman–Crippen LogP) is 7.82. The van der Waals surface area contributed by atoms with Gasteiger partial charge in [-0.3, -0.25) is 29.2 Å². The quantitative estimate of drug-likeness (QED) is 0.0938. The van der Waals surface area contributed by atoms with E-state index < -0.39 is 35.4 Å². The molecular weight excluding hydrogens is 895 g/mol. The van der Waals surface area contributed by atoms with Crippen molar-refractivity contribution in [1.29, 1.82) is 0 Å². The number of anilines is 1. The Morgan fingerprint density at radius 1 is 1.00 bits per heavy atom. The SMILES string of the molecule is CCc1ccncc1-c1c2c3cc(ccc3n1CC)-c1cccc(c1)C[C@H](NC(=O)[C@H](C(C)C)N(C)C(=O)CCN=C=Nc1ccccc1N1CCOCC1)C(=O)N1CCC[C@H](N1)C(=O)OCC(C)(C)C2. The summed E-state index contributed by atoms with van der Waals surface area (Å²) in [5.74, 6) is -1.85. The van der Waals surface area contributed by atoms with Crippen molar-refractivity contribution >= 4 is 52.0 Å². The van der Waals surface area contributed by atoms with Crippen molar-refractivity contribution in [2.45, 2.75) is 105 Å². The molecule has 2 aromatic heterocycles. The Hall–Kier alpha value is -6.67. The Morgan fingerprint density at radius 2 is 1.79 bits per heavy atom. The van der Waals surface area contributed by atoms with Crippen molar-refractivity contribution in [2.24, 2.45) is 21.3 Å². The van der Waals surface area contributed by atoms with Crippen LogP contribution in [0.4, 0.5) is 11.4 Å². The number of ether oxygens (including phenoxy) is 2. The monoisotopic (exact) mass is 964 g/mol. The fraction of sp³-hybridized carbons (Fsp3) is 0.464. The lowest BCUT2D eigenvalue weighted by atomic mass is 9.84. The van der Waals surface area contributed by atoms with Crippen LogP contribution in [0.3, 0.4) is 0 Å². The molecule has 3 amide bonds. The summed E-state index contributed by atoms with van der Waals surface area (Å²) in [6.45, 7) is 16.5. The Kier molecular flexibility index (Phi) is 16.1. The van der Waals surface area contributed by atoms with E-state index >= 15 is 0 Å². The Bertz CT molecular complexity index is 2810. The third-order valence-electron chi connectivity index (χ3n) is 14.0. The van der Waals surface area contributed by atoms with Crippen molar-refractivity contribution in [2.75, 3.05) is 57.9 Å². The largest absolute Gasteiger partial charge is 0.464 e. The van der Waals surface area contributed by atoms with Gasteiger partial charge in [0.2, 0.25) is 11.8 Å². The van der Waals surface area contributed by atoms with Crippen LogP contribution in [0.2, 0.25) is 0 Å². The van der Waals surface area contributed by atoms with Gasteiger partial charge in [-0.15, -0.1) is 0 Å². The van der Waals surface area contributed by atoms with Crippen molar-refractivity contribution in [1.82, 2.24) is 30.2 Å². The Balaban J connectivity index is 1.08. The zero-order chi connectivity index (χ0) is 50.2. The predicted molar refractivity (Wildman–Crippen MR) is 277 cm³/mol. The number of aromatic nitrogens is 2. The van der Waals surface area contributed by atoms with Gasteiger partial charge >= 0.3 is 5.97 Å². The number of carbonyl (C=O) groups is 4. The third kappa shape index (κ3) is 11.6. The first-order chi connectivity index (χ1) is 34.3. The van der Waals surface area contributed by atoms with Crippen LogP contribution in [-0.4, -0.2) is 120 Å². The van der Waals surface area contributed by atoms with E-state index in [1.54, 1.807) is 7.05 Å². The molecule has 3 aromatic carbocycles. The number of para-hydroxylation sites is 2. The first-order valence-electron chi connectivity index (χ1n) is 25.3. The lowest BCUT2D eigenvalue weighted by Gasteiger charge is -2.36. The number of cyclic esters (lactones) is 1. The van der Waals surface area contributed by atoms with Crippen LogP contribution in [0, 0.1) is 11.3 Å². The summed E-state index contributed by atoms with van der Waals surface area (Å²) >= 11 is 0. The van der Waals surface area contributed by atoms with Gasteiger partial charge in [-0.2, -0.15) is 4.99 Å². The smallest absolute Gasteiger partial charge is 0.324 e. The Labute approximate surface area is 417 Å². The maximum atomic E-state index is 14.7. The van der Waals surface area contributed by atoms with Crippen LogP contribution in [0.25, 0.3) is 33.3 Å². The maximum Gasteiger partial charge on any atom is 0.324 e. The summed E-state index contributed by atoms with van der Waals surface area (Å²) in [5.41, 5.74) is 12.9. The molecule has 3 aliphatic heterocycles. The minimum atomic E-state index is -1.04. The molecule has 8 rings (SSSR count). The molecule has 5 aromatic rings. The van der Waals surface area contributed by atoms with E-state index in [0.29, 0.717) is 39.0 Å². The van der Waals surface area contributed by atoms with E-state index in [2.05, 4.69) is 105 Å². The fourth-order valence-corrected chi connectivity index (χ4v) is 10.3. The van der Waals surface area contributed by atoms with Crippen molar-refractivity contribution < 1.29 is 28.7 Å². The molecule has 5 heterocycles. The van der Waals surface area contributed by atoms with E-state index in [9.17, 15) is 19.2 Å². The number of aliphatic imine (C=N–C) groups is 2. The number of esters is 1. The summed E-state index contributed by atoms with van der Waals surface area (Å²) in [6.07, 6.45) is 6.54. The molecule has 0 radical (unpaired) electrons. The molecule has 71 heavy (non-hydrogen) atoms. The van der Waals surface area contributed by atoms with Crippen LogP contribution in [-0.2, 0) is 54.5 Å². The van der Waals surface area contributed by atoms with Crippen LogP contribution in [0.1, 0.15) is 77.5 Å². The molecule has 0 spiro atoms. The Morgan fingerprint density at radius 3 is 2.56 bits per heavy atom. The number of rotatable bonds is 12. The molecule has 2 saturated heterocycles. The number of nitrogens with zero attached hydrogens (tertiary/aromatic N) is 7. The van der Waals surface area contributed by atoms with Gasteiger partial charge in [-0.05, 0) is 96.7 Å². The zero-order valence-corrected chi connectivity index (χ0v) is 42.4. The number of carbonyl (C=O) groups excluding carboxylic acids is 4. The van der Waals surface area contributed by atoms with E-state index in [4.69, 9.17) is 9.47 Å². The molecule has 3 aliphatic rings. The highest BCUT2D eigenvalue weighted by Gasteiger charge is 2.37. The molecular formula is C56H69N9O6. The highest BCUT2D eigenvalue weighted by atomic mass is 16.5. The molecule has 3 atom stereocenters. The number of pyridine rings is 1. The molecule has 0 aliphatic carbocycles. The number of hydrogen-bond acceptors (Lipinski definition) is 11. The zero-order valence-electron chi connectivity index (χ0n) is 42.4. The summed E-state index contributed by atoms with van der Waals surface area (Å²) < 4.78 is 14.0. The number of aryl methyl sites for hydroxylation is 2. The number of hydrazine groups is 1. The van der Waals surface area contributed by atoms with Crippen LogP contribution in [0.15, 0.2) is 95.2 Å². The first kappa shape index (κ1) is 50.7. The van der Waals surface area contributed by atoms with Gasteiger partial charge in [0.15, 0.2) is 0 Å². The molecule has 6 bridgehead atoms. The highest BCUT2D eigenvalue weighted by Crippen LogP contribution is 2.41. The van der Waals surface area contributed by atoms with Crippen molar-refractivity contribution in [3.63, 3.8) is 0 Å². The lowest BCUT2D eigenvalue weighted by molar-refractivity contribution is -0.155. The first-order valence-corrected chi connectivity index (χ1v) is 25.3. The van der Waals surface area contributed by atoms with E-state index in [-0.39, 0.29) is 43.7 Å². The molecule has 374 valence electrons. The van der Waals surface area contributed by atoms with Gasteiger partial charge in [-0.25, -0.2) is 10.4 Å². The number of amides is 3. The second kappa shape index (κ2) is 22.6. The van der Waals surface area contributed by atoms with Crippen LogP contribution >= 0.6 is 0 Å². The molecule has 15 nitrogen and oxygen atoms in total. The average Bonchev–Trinajstić information content (AvgIpc) is 3.68. The highest BCUT2D eigenvalue weighted by molar-refractivity contribution is 5.96. The van der Waals surface area contributed by atoms with Crippen LogP contribution in [0.5, 0.6) is 0 Å². The van der Waals surface area contributed by atoms with E-state index in [0.717, 1.165) is 76.3 Å². The summed E-state index contributed by atoms with van der Waals surface area (Å²) in [5, 5.41) is 5.65. The lowest BCUT2D eigenvalue weighted by Crippen LogP contribution is -2.62. The van der Waals surface area contributed by atoms with Gasteiger partial charge in [0.1, 0.15) is 18.1 Å². The number of fused-ring (bicyclic) bond motifs is 6. The molecule has 2 fully saturated rings. The number of benzene rings is 3. The maximum absolute atomic E-state index is 14.7. The third-order valence-corrected chi connectivity index (χ3v) is 14.0. The average molecular weight is 964 g/mol.